The highest BCUT2D eigenvalue weighted by Crippen LogP contribution is 2.37. The molecule has 0 aliphatic carbocycles. The second-order valence-corrected chi connectivity index (χ2v) is 5.94. The van der Waals surface area contributed by atoms with Gasteiger partial charge in [0.1, 0.15) is 5.52 Å². The predicted molar refractivity (Wildman–Crippen MR) is 92.5 cm³/mol. The number of hydrogen-bond acceptors (Lipinski definition) is 5. The third-order valence-electron chi connectivity index (χ3n) is 4.61. The van der Waals surface area contributed by atoms with E-state index in [4.69, 9.17) is 9.15 Å². The van der Waals surface area contributed by atoms with Gasteiger partial charge in [0.2, 0.25) is 5.91 Å². The fraction of sp³-hybridized carbons (Fsp3) is 0.333. The molecule has 6 nitrogen and oxygen atoms in total. The lowest BCUT2D eigenvalue weighted by atomic mass is 10.2. The molecule has 0 bridgehead atoms. The molecule has 0 spiro atoms. The van der Waals surface area contributed by atoms with Crippen LogP contribution >= 0.6 is 0 Å². The van der Waals surface area contributed by atoms with E-state index in [9.17, 15) is 4.79 Å². The number of furan rings is 1. The van der Waals surface area contributed by atoms with Crippen LogP contribution in [-0.2, 0) is 4.79 Å². The summed E-state index contributed by atoms with van der Waals surface area (Å²) in [6.07, 6.45) is 1.81. The van der Waals surface area contributed by atoms with Crippen molar-refractivity contribution < 1.29 is 13.9 Å². The van der Waals surface area contributed by atoms with Crippen LogP contribution in [-0.4, -0.2) is 49.1 Å². The zero-order valence-corrected chi connectivity index (χ0v) is 13.8. The lowest BCUT2D eigenvalue weighted by molar-refractivity contribution is -0.129. The Labute approximate surface area is 139 Å². The van der Waals surface area contributed by atoms with Crippen LogP contribution in [0.4, 0.5) is 5.69 Å². The van der Waals surface area contributed by atoms with Crippen molar-refractivity contribution in [2.24, 2.45) is 0 Å². The van der Waals surface area contributed by atoms with Gasteiger partial charge in [-0.05, 0) is 18.2 Å². The van der Waals surface area contributed by atoms with E-state index >= 15 is 0 Å². The van der Waals surface area contributed by atoms with Crippen LogP contribution in [0.3, 0.4) is 0 Å². The second-order valence-electron chi connectivity index (χ2n) is 5.94. The first-order valence-corrected chi connectivity index (χ1v) is 8.03. The first-order valence-electron chi connectivity index (χ1n) is 8.03. The van der Waals surface area contributed by atoms with E-state index in [1.165, 1.54) is 0 Å². The second kappa shape index (κ2) is 5.70. The molecular weight excluding hydrogens is 306 g/mol. The summed E-state index contributed by atoms with van der Waals surface area (Å²) in [7, 11) is 1.64. The molecule has 1 aliphatic heterocycles. The Hall–Kier alpha value is -2.76. The molecule has 6 heteroatoms. The highest BCUT2D eigenvalue weighted by molar-refractivity contribution is 6.08. The SMILES string of the molecule is COc1cccc2c1oc1c(N3CCN(C(C)=O)CC3)ccnc12. The van der Waals surface area contributed by atoms with Crippen molar-refractivity contribution in [3.63, 3.8) is 0 Å². The van der Waals surface area contributed by atoms with Gasteiger partial charge in [0.15, 0.2) is 16.9 Å². The van der Waals surface area contributed by atoms with Gasteiger partial charge in [-0.3, -0.25) is 9.78 Å². The maximum atomic E-state index is 11.5. The summed E-state index contributed by atoms with van der Waals surface area (Å²) >= 11 is 0. The van der Waals surface area contributed by atoms with Crippen molar-refractivity contribution in [3.05, 3.63) is 30.5 Å². The number of carbonyl (C=O) groups excluding carboxylic acids is 1. The van der Waals surface area contributed by atoms with Crippen molar-refractivity contribution in [1.82, 2.24) is 9.88 Å². The Morgan fingerprint density at radius 3 is 2.67 bits per heavy atom. The third-order valence-corrected chi connectivity index (χ3v) is 4.61. The van der Waals surface area contributed by atoms with Crippen LogP contribution < -0.4 is 9.64 Å². The highest BCUT2D eigenvalue weighted by atomic mass is 16.5. The molecule has 3 aromatic rings. The Morgan fingerprint density at radius 1 is 1.17 bits per heavy atom. The summed E-state index contributed by atoms with van der Waals surface area (Å²) in [5.41, 5.74) is 3.35. The third kappa shape index (κ3) is 2.26. The van der Waals surface area contributed by atoms with Gasteiger partial charge in [-0.2, -0.15) is 0 Å². The number of aromatic nitrogens is 1. The van der Waals surface area contributed by atoms with Crippen LogP contribution in [0.25, 0.3) is 22.1 Å². The molecule has 0 atom stereocenters. The number of fused-ring (bicyclic) bond motifs is 3. The van der Waals surface area contributed by atoms with Crippen molar-refractivity contribution in [2.45, 2.75) is 6.92 Å². The minimum Gasteiger partial charge on any atom is -0.493 e. The number of benzene rings is 1. The van der Waals surface area contributed by atoms with Crippen LogP contribution in [0.1, 0.15) is 6.92 Å². The zero-order chi connectivity index (χ0) is 16.7. The Bertz CT molecular complexity index is 910. The topological polar surface area (TPSA) is 58.8 Å². The van der Waals surface area contributed by atoms with Crippen LogP contribution in [0.15, 0.2) is 34.9 Å². The molecule has 3 heterocycles. The number of amides is 1. The maximum Gasteiger partial charge on any atom is 0.219 e. The molecule has 0 N–H and O–H groups in total. The lowest BCUT2D eigenvalue weighted by Crippen LogP contribution is -2.48. The Morgan fingerprint density at radius 2 is 1.96 bits per heavy atom. The lowest BCUT2D eigenvalue weighted by Gasteiger charge is -2.35. The molecule has 24 heavy (non-hydrogen) atoms. The fourth-order valence-electron chi connectivity index (χ4n) is 3.31. The van der Waals surface area contributed by atoms with Crippen LogP contribution in [0, 0.1) is 0 Å². The molecule has 0 radical (unpaired) electrons. The minimum atomic E-state index is 0.128. The Kier molecular flexibility index (Phi) is 3.52. The molecule has 0 saturated carbocycles. The number of pyridine rings is 1. The normalized spacial score (nSPS) is 15.2. The first-order chi connectivity index (χ1) is 11.7. The number of rotatable bonds is 2. The van der Waals surface area contributed by atoms with E-state index in [0.29, 0.717) is 5.75 Å². The average molecular weight is 325 g/mol. The van der Waals surface area contributed by atoms with Gasteiger partial charge in [-0.15, -0.1) is 0 Å². The summed E-state index contributed by atoms with van der Waals surface area (Å²) in [6.45, 7) is 4.64. The molecule has 4 rings (SSSR count). The Balaban J connectivity index is 1.78. The summed E-state index contributed by atoms with van der Waals surface area (Å²) in [4.78, 5) is 20.1. The van der Waals surface area contributed by atoms with Gasteiger partial charge >= 0.3 is 0 Å². The summed E-state index contributed by atoms with van der Waals surface area (Å²) in [5.74, 6) is 0.834. The monoisotopic (exact) mass is 325 g/mol. The van der Waals surface area contributed by atoms with Gasteiger partial charge in [-0.1, -0.05) is 6.07 Å². The van der Waals surface area contributed by atoms with E-state index in [-0.39, 0.29) is 5.91 Å². The molecule has 2 aromatic heterocycles. The van der Waals surface area contributed by atoms with Crippen molar-refractivity contribution in [1.29, 1.82) is 0 Å². The van der Waals surface area contributed by atoms with Crippen molar-refractivity contribution in [3.8, 4) is 5.75 Å². The van der Waals surface area contributed by atoms with Gasteiger partial charge in [-0.25, -0.2) is 0 Å². The van der Waals surface area contributed by atoms with Crippen molar-refractivity contribution >= 4 is 33.7 Å². The van der Waals surface area contributed by atoms with Gasteiger partial charge in [0.05, 0.1) is 18.2 Å². The average Bonchev–Trinajstić information content (AvgIpc) is 3.00. The summed E-state index contributed by atoms with van der Waals surface area (Å²) < 4.78 is 11.5. The van der Waals surface area contributed by atoms with E-state index in [1.807, 2.05) is 35.4 Å². The largest absolute Gasteiger partial charge is 0.493 e. The number of methoxy groups -OCH3 is 1. The molecule has 124 valence electrons. The standard InChI is InChI=1S/C18H19N3O3/c1-12(22)20-8-10-21(11-9-20)14-6-7-19-16-13-4-3-5-15(23-2)17(13)24-18(14)16/h3-7H,8-11H2,1-2H3. The van der Waals surface area contributed by atoms with Gasteiger partial charge in [0.25, 0.3) is 0 Å². The van der Waals surface area contributed by atoms with Crippen molar-refractivity contribution in [2.75, 3.05) is 38.2 Å². The predicted octanol–water partition coefficient (Wildman–Crippen LogP) is 2.66. The summed E-state index contributed by atoms with van der Waals surface area (Å²) in [5, 5.41) is 0.952. The van der Waals surface area contributed by atoms with Gasteiger partial charge < -0.3 is 19.0 Å². The fourth-order valence-corrected chi connectivity index (χ4v) is 3.31. The number of carbonyl (C=O) groups is 1. The molecule has 1 amide bonds. The molecular formula is C18H19N3O3. The number of anilines is 1. The quantitative estimate of drug-likeness (QED) is 0.725. The minimum absolute atomic E-state index is 0.128. The number of nitrogens with zero attached hydrogens (tertiary/aromatic N) is 3. The molecule has 1 aliphatic rings. The van der Waals surface area contributed by atoms with E-state index in [0.717, 1.165) is 53.9 Å². The zero-order valence-electron chi connectivity index (χ0n) is 13.8. The molecule has 1 aromatic carbocycles. The van der Waals surface area contributed by atoms with Crippen LogP contribution in [0.5, 0.6) is 5.75 Å². The smallest absolute Gasteiger partial charge is 0.219 e. The van der Waals surface area contributed by atoms with E-state index in [1.54, 1.807) is 14.0 Å². The van der Waals surface area contributed by atoms with Crippen LogP contribution in [0.2, 0.25) is 0 Å². The molecule has 1 fully saturated rings. The first kappa shape index (κ1) is 14.8. The highest BCUT2D eigenvalue weighted by Gasteiger charge is 2.23. The molecule has 1 saturated heterocycles. The number of hydrogen-bond donors (Lipinski definition) is 0. The molecule has 0 unspecified atom stereocenters. The number of piperazine rings is 1. The summed E-state index contributed by atoms with van der Waals surface area (Å²) in [6, 6.07) is 7.79. The van der Waals surface area contributed by atoms with E-state index < -0.39 is 0 Å². The maximum absolute atomic E-state index is 11.5. The van der Waals surface area contributed by atoms with E-state index in [2.05, 4.69) is 9.88 Å². The number of para-hydroxylation sites is 1. The number of ether oxygens (including phenoxy) is 1. The van der Waals surface area contributed by atoms with Gasteiger partial charge in [0, 0.05) is 39.3 Å².